The average Bonchev–Trinajstić information content (AvgIpc) is 2.53. The van der Waals surface area contributed by atoms with Gasteiger partial charge in [-0.3, -0.25) is 0 Å². The molecule has 2 amide bonds. The van der Waals surface area contributed by atoms with E-state index >= 15 is 0 Å². The fourth-order valence-corrected chi connectivity index (χ4v) is 4.42. The zero-order valence-corrected chi connectivity index (χ0v) is 15.1. The van der Waals surface area contributed by atoms with E-state index in [1.807, 2.05) is 0 Å². The Balaban J connectivity index is 1.80. The molecular weight excluding hydrogens is 290 g/mol. The molecule has 134 valence electrons. The van der Waals surface area contributed by atoms with Crippen molar-refractivity contribution in [1.82, 2.24) is 15.5 Å². The van der Waals surface area contributed by atoms with Gasteiger partial charge in [-0.1, -0.05) is 20.3 Å². The molecule has 2 heterocycles. The van der Waals surface area contributed by atoms with Crippen LogP contribution in [0.1, 0.15) is 65.2 Å². The smallest absolute Gasteiger partial charge is 0.315 e. The van der Waals surface area contributed by atoms with Crippen molar-refractivity contribution in [2.75, 3.05) is 20.2 Å². The van der Waals surface area contributed by atoms with Gasteiger partial charge >= 0.3 is 6.03 Å². The number of urea groups is 1. The molecule has 2 saturated heterocycles. The Hall–Kier alpha value is -0.810. The quantitative estimate of drug-likeness (QED) is 0.674. The van der Waals surface area contributed by atoms with Gasteiger partial charge in [0.2, 0.25) is 0 Å². The summed E-state index contributed by atoms with van der Waals surface area (Å²) in [6, 6.07) is 1.53. The molecule has 0 spiro atoms. The summed E-state index contributed by atoms with van der Waals surface area (Å²) in [6.07, 6.45) is 8.70. The Bertz CT molecular complexity index is 370. The second-order valence-electron chi connectivity index (χ2n) is 7.58. The molecule has 2 fully saturated rings. The molecule has 5 heteroatoms. The van der Waals surface area contributed by atoms with Crippen LogP contribution in [0.25, 0.3) is 0 Å². The number of amides is 2. The van der Waals surface area contributed by atoms with E-state index in [0.717, 1.165) is 32.1 Å². The van der Waals surface area contributed by atoms with Crippen molar-refractivity contribution in [3.8, 4) is 0 Å². The van der Waals surface area contributed by atoms with Crippen LogP contribution in [-0.2, 0) is 0 Å². The normalized spacial score (nSPS) is 28.4. The van der Waals surface area contributed by atoms with E-state index in [2.05, 4.69) is 36.4 Å². The average molecular weight is 325 g/mol. The first-order valence-corrected chi connectivity index (χ1v) is 9.40. The predicted octanol–water partition coefficient (Wildman–Crippen LogP) is 2.49. The molecule has 0 radical (unpaired) electrons. The van der Waals surface area contributed by atoms with Crippen LogP contribution in [0.4, 0.5) is 4.79 Å². The van der Waals surface area contributed by atoms with Crippen molar-refractivity contribution in [3.63, 3.8) is 0 Å². The number of carbonyl (C=O) groups excluding carboxylic acids is 1. The highest BCUT2D eigenvalue weighted by atomic mass is 16.3. The van der Waals surface area contributed by atoms with E-state index in [-0.39, 0.29) is 18.1 Å². The van der Waals surface area contributed by atoms with Crippen molar-refractivity contribution >= 4 is 6.03 Å². The van der Waals surface area contributed by atoms with Gasteiger partial charge in [-0.15, -0.1) is 0 Å². The zero-order chi connectivity index (χ0) is 16.9. The summed E-state index contributed by atoms with van der Waals surface area (Å²) in [5, 5.41) is 15.5. The third kappa shape index (κ3) is 4.60. The summed E-state index contributed by atoms with van der Waals surface area (Å²) in [6.45, 7) is 5.10. The largest absolute Gasteiger partial charge is 0.396 e. The maximum absolute atomic E-state index is 12.3. The van der Waals surface area contributed by atoms with Gasteiger partial charge in [-0.2, -0.15) is 0 Å². The first kappa shape index (κ1) is 18.5. The summed E-state index contributed by atoms with van der Waals surface area (Å²) in [5.74, 6) is 0. The van der Waals surface area contributed by atoms with Crippen molar-refractivity contribution in [2.24, 2.45) is 5.41 Å². The minimum Gasteiger partial charge on any atom is -0.396 e. The highest BCUT2D eigenvalue weighted by Gasteiger charge is 2.36. The second kappa shape index (κ2) is 8.34. The van der Waals surface area contributed by atoms with Gasteiger partial charge in [-0.05, 0) is 57.4 Å². The molecule has 2 aliphatic rings. The number of hydrogen-bond donors (Lipinski definition) is 3. The summed E-state index contributed by atoms with van der Waals surface area (Å²) in [7, 11) is 2.23. The first-order valence-electron chi connectivity index (χ1n) is 9.40. The minimum atomic E-state index is -0.0400. The second-order valence-corrected chi connectivity index (χ2v) is 7.58. The molecule has 2 rings (SSSR count). The zero-order valence-electron chi connectivity index (χ0n) is 15.1. The van der Waals surface area contributed by atoms with Crippen LogP contribution in [0, 0.1) is 5.41 Å². The summed E-state index contributed by atoms with van der Waals surface area (Å²) in [4.78, 5) is 14.8. The van der Waals surface area contributed by atoms with Crippen molar-refractivity contribution in [1.29, 1.82) is 0 Å². The Morgan fingerprint density at radius 3 is 2.35 bits per heavy atom. The third-order valence-electron chi connectivity index (χ3n) is 6.44. The van der Waals surface area contributed by atoms with Crippen LogP contribution in [0.5, 0.6) is 0 Å². The molecule has 2 bridgehead atoms. The van der Waals surface area contributed by atoms with Gasteiger partial charge in [0.15, 0.2) is 0 Å². The molecule has 0 aromatic heterocycles. The van der Waals surface area contributed by atoms with Crippen LogP contribution < -0.4 is 10.6 Å². The fraction of sp³-hybridized carbons (Fsp3) is 0.944. The SMILES string of the molecule is CCC(CC)(CCO)CNC(=O)NC1CC2CCCC(C1)N2C. The number of fused-ring (bicyclic) bond motifs is 2. The Morgan fingerprint density at radius 1 is 1.22 bits per heavy atom. The standard InChI is InChI=1S/C18H35N3O2/c1-4-18(5-2,9-10-22)13-19-17(23)20-14-11-15-7-6-8-16(12-14)21(15)3/h14-16,22H,4-13H2,1-3H3,(H2,19,20,23). The fourth-order valence-electron chi connectivity index (χ4n) is 4.42. The van der Waals surface area contributed by atoms with Gasteiger partial charge in [0.25, 0.3) is 0 Å². The lowest BCUT2D eigenvalue weighted by Gasteiger charge is -2.47. The molecule has 0 saturated carbocycles. The third-order valence-corrected chi connectivity index (χ3v) is 6.44. The molecule has 2 unspecified atom stereocenters. The monoisotopic (exact) mass is 325 g/mol. The van der Waals surface area contributed by atoms with E-state index < -0.39 is 0 Å². The number of rotatable bonds is 7. The van der Waals surface area contributed by atoms with Gasteiger partial charge in [-0.25, -0.2) is 4.79 Å². The number of nitrogens with one attached hydrogen (secondary N) is 2. The Kier molecular flexibility index (Phi) is 6.72. The number of hydrogen-bond acceptors (Lipinski definition) is 3. The highest BCUT2D eigenvalue weighted by Crippen LogP contribution is 2.32. The predicted molar refractivity (Wildman–Crippen MR) is 93.5 cm³/mol. The van der Waals surface area contributed by atoms with Gasteiger partial charge in [0, 0.05) is 31.3 Å². The molecule has 2 aliphatic heterocycles. The number of aliphatic hydroxyl groups excluding tert-OH is 1. The molecule has 0 aliphatic carbocycles. The lowest BCUT2D eigenvalue weighted by Crippen LogP contribution is -2.56. The van der Waals surface area contributed by atoms with Crippen LogP contribution in [0.2, 0.25) is 0 Å². The van der Waals surface area contributed by atoms with Gasteiger partial charge in [0.1, 0.15) is 0 Å². The van der Waals surface area contributed by atoms with Crippen LogP contribution >= 0.6 is 0 Å². The number of piperidine rings is 2. The van der Waals surface area contributed by atoms with E-state index in [4.69, 9.17) is 0 Å². The molecule has 5 nitrogen and oxygen atoms in total. The Morgan fingerprint density at radius 2 is 1.83 bits per heavy atom. The van der Waals surface area contributed by atoms with E-state index in [1.54, 1.807) is 0 Å². The molecule has 0 aromatic carbocycles. The molecule has 0 aromatic rings. The highest BCUT2D eigenvalue weighted by molar-refractivity contribution is 5.74. The van der Waals surface area contributed by atoms with Crippen LogP contribution in [0.3, 0.4) is 0 Å². The lowest BCUT2D eigenvalue weighted by molar-refractivity contribution is 0.0507. The van der Waals surface area contributed by atoms with Crippen molar-refractivity contribution < 1.29 is 9.90 Å². The maximum Gasteiger partial charge on any atom is 0.315 e. The van der Waals surface area contributed by atoms with E-state index in [9.17, 15) is 9.90 Å². The van der Waals surface area contributed by atoms with Crippen LogP contribution in [-0.4, -0.2) is 54.4 Å². The van der Waals surface area contributed by atoms with Crippen molar-refractivity contribution in [3.05, 3.63) is 0 Å². The maximum atomic E-state index is 12.3. The Labute approximate surface area is 141 Å². The summed E-state index contributed by atoms with van der Waals surface area (Å²) in [5.41, 5.74) is 0.0232. The summed E-state index contributed by atoms with van der Waals surface area (Å²) < 4.78 is 0. The lowest BCUT2D eigenvalue weighted by atomic mass is 9.79. The van der Waals surface area contributed by atoms with Gasteiger partial charge in [0.05, 0.1) is 0 Å². The first-order chi connectivity index (χ1) is 11.0. The molecule has 2 atom stereocenters. The van der Waals surface area contributed by atoms with E-state index in [1.165, 1.54) is 19.3 Å². The minimum absolute atomic E-state index is 0.0232. The molecule has 3 N–H and O–H groups in total. The molecule has 23 heavy (non-hydrogen) atoms. The van der Waals surface area contributed by atoms with Crippen molar-refractivity contribution in [2.45, 2.75) is 83.3 Å². The number of nitrogens with zero attached hydrogens (tertiary/aromatic N) is 1. The van der Waals surface area contributed by atoms with E-state index in [0.29, 0.717) is 24.7 Å². The van der Waals surface area contributed by atoms with Crippen LogP contribution in [0.15, 0.2) is 0 Å². The topological polar surface area (TPSA) is 64.6 Å². The summed E-state index contributed by atoms with van der Waals surface area (Å²) >= 11 is 0. The molecular formula is C18H35N3O2. The number of carbonyl (C=O) groups is 1. The van der Waals surface area contributed by atoms with Gasteiger partial charge < -0.3 is 20.6 Å². The number of aliphatic hydroxyl groups is 1.